The van der Waals surface area contributed by atoms with E-state index < -0.39 is 0 Å². The highest BCUT2D eigenvalue weighted by Crippen LogP contribution is 2.14. The number of aromatic nitrogens is 2. The molecule has 1 fully saturated rings. The molecule has 2 amide bonds. The van der Waals surface area contributed by atoms with Crippen molar-refractivity contribution in [2.24, 2.45) is 0 Å². The lowest BCUT2D eigenvalue weighted by molar-refractivity contribution is -0.130. The summed E-state index contributed by atoms with van der Waals surface area (Å²) in [6, 6.07) is 1.43. The van der Waals surface area contributed by atoms with Crippen molar-refractivity contribution in [2.75, 3.05) is 18.8 Å². The number of H-pyrrole nitrogens is 1. The van der Waals surface area contributed by atoms with Crippen molar-refractivity contribution >= 4 is 23.6 Å². The molecule has 0 bridgehead atoms. The lowest BCUT2D eigenvalue weighted by atomic mass is 10.1. The first kappa shape index (κ1) is 18.5. The molecule has 0 aliphatic carbocycles. The van der Waals surface area contributed by atoms with E-state index in [1.807, 2.05) is 4.90 Å². The number of nitrogens with zero attached hydrogens (tertiary/aromatic N) is 2. The van der Waals surface area contributed by atoms with Gasteiger partial charge in [-0.3, -0.25) is 14.4 Å². The first-order chi connectivity index (χ1) is 11.5. The van der Waals surface area contributed by atoms with Crippen molar-refractivity contribution in [3.05, 3.63) is 22.1 Å². The average Bonchev–Trinajstić information content (AvgIpc) is 2.68. The number of carbonyl (C=O) groups excluding carboxylic acids is 2. The molecule has 1 unspecified atom stereocenters. The Labute approximate surface area is 145 Å². The Balaban J connectivity index is 1.81. The van der Waals surface area contributed by atoms with E-state index >= 15 is 0 Å². The van der Waals surface area contributed by atoms with E-state index in [1.54, 1.807) is 6.92 Å². The maximum atomic E-state index is 12.1. The van der Waals surface area contributed by atoms with Crippen molar-refractivity contribution in [2.45, 2.75) is 50.7 Å². The Bertz CT molecular complexity index is 646. The van der Waals surface area contributed by atoms with Gasteiger partial charge in [0.15, 0.2) is 5.16 Å². The van der Waals surface area contributed by atoms with E-state index in [1.165, 1.54) is 17.8 Å². The van der Waals surface area contributed by atoms with Crippen molar-refractivity contribution < 1.29 is 9.59 Å². The molecule has 1 saturated heterocycles. The van der Waals surface area contributed by atoms with Crippen LogP contribution in [0, 0.1) is 6.92 Å². The second kappa shape index (κ2) is 8.86. The predicted octanol–water partition coefficient (Wildman–Crippen LogP) is 1.08. The van der Waals surface area contributed by atoms with Crippen LogP contribution in [-0.4, -0.2) is 51.6 Å². The van der Waals surface area contributed by atoms with Crippen LogP contribution >= 0.6 is 11.8 Å². The number of aryl methyl sites for hydroxylation is 1. The highest BCUT2D eigenvalue weighted by Gasteiger charge is 2.22. The molecule has 1 aliphatic rings. The van der Waals surface area contributed by atoms with E-state index in [2.05, 4.69) is 22.2 Å². The normalized spacial score (nSPS) is 18.3. The van der Waals surface area contributed by atoms with Crippen LogP contribution in [0.25, 0.3) is 0 Å². The summed E-state index contributed by atoms with van der Waals surface area (Å²) in [7, 11) is 0. The predicted molar refractivity (Wildman–Crippen MR) is 93.0 cm³/mol. The molecule has 2 rings (SSSR count). The summed E-state index contributed by atoms with van der Waals surface area (Å²) in [4.78, 5) is 44.1. The third kappa shape index (κ3) is 5.67. The molecule has 2 N–H and O–H groups in total. The highest BCUT2D eigenvalue weighted by atomic mass is 32.2. The number of carbonyl (C=O) groups is 2. The summed E-state index contributed by atoms with van der Waals surface area (Å²) >= 11 is 1.20. The van der Waals surface area contributed by atoms with Gasteiger partial charge < -0.3 is 15.2 Å². The first-order valence-electron chi connectivity index (χ1n) is 8.26. The molecule has 0 aromatic carbocycles. The molecule has 8 heteroatoms. The molecule has 1 aromatic heterocycles. The number of thioether (sulfide) groups is 1. The largest absolute Gasteiger partial charge is 0.353 e. The standard InChI is InChI=1S/C16H24N4O3S/c1-3-7-20-8-6-12(4-5-15(20)23)18-14(22)10-24-16-17-11(2)9-13(21)19-16/h9,12H,3-8,10H2,1-2H3,(H,18,22)(H,17,19,21). The summed E-state index contributed by atoms with van der Waals surface area (Å²) in [5, 5.41) is 3.43. The van der Waals surface area contributed by atoms with Crippen LogP contribution in [0.3, 0.4) is 0 Å². The zero-order chi connectivity index (χ0) is 17.5. The van der Waals surface area contributed by atoms with Crippen LogP contribution in [0.15, 0.2) is 16.0 Å². The van der Waals surface area contributed by atoms with Gasteiger partial charge in [0.1, 0.15) is 0 Å². The number of hydrogen-bond donors (Lipinski definition) is 2. The number of aromatic amines is 1. The number of hydrogen-bond acceptors (Lipinski definition) is 5. The summed E-state index contributed by atoms with van der Waals surface area (Å²) in [5.41, 5.74) is 0.406. The molecular weight excluding hydrogens is 328 g/mol. The fourth-order valence-corrected chi connectivity index (χ4v) is 3.44. The molecule has 1 aliphatic heterocycles. The third-order valence-electron chi connectivity index (χ3n) is 3.85. The quantitative estimate of drug-likeness (QED) is 0.590. The summed E-state index contributed by atoms with van der Waals surface area (Å²) in [6.45, 7) is 5.27. The van der Waals surface area contributed by atoms with E-state index in [4.69, 9.17) is 0 Å². The molecule has 132 valence electrons. The van der Waals surface area contributed by atoms with Crippen LogP contribution in [0.4, 0.5) is 0 Å². The maximum Gasteiger partial charge on any atom is 0.251 e. The summed E-state index contributed by atoms with van der Waals surface area (Å²) in [5.74, 6) is 0.255. The Morgan fingerprint density at radius 2 is 2.25 bits per heavy atom. The van der Waals surface area contributed by atoms with Gasteiger partial charge in [-0.1, -0.05) is 18.7 Å². The van der Waals surface area contributed by atoms with Crippen LogP contribution in [0.5, 0.6) is 0 Å². The lowest BCUT2D eigenvalue weighted by Gasteiger charge is -2.20. The van der Waals surface area contributed by atoms with Gasteiger partial charge in [-0.25, -0.2) is 4.98 Å². The number of rotatable bonds is 6. The number of nitrogens with one attached hydrogen (secondary N) is 2. The Hall–Kier alpha value is -1.83. The second-order valence-electron chi connectivity index (χ2n) is 5.95. The van der Waals surface area contributed by atoms with Gasteiger partial charge >= 0.3 is 0 Å². The van der Waals surface area contributed by atoms with Gasteiger partial charge in [-0.15, -0.1) is 0 Å². The van der Waals surface area contributed by atoms with Gasteiger partial charge in [-0.2, -0.15) is 0 Å². The van der Waals surface area contributed by atoms with Crippen LogP contribution in [-0.2, 0) is 9.59 Å². The summed E-state index contributed by atoms with van der Waals surface area (Å²) < 4.78 is 0. The molecule has 2 heterocycles. The van der Waals surface area contributed by atoms with Crippen molar-refractivity contribution in [1.29, 1.82) is 0 Å². The third-order valence-corrected chi connectivity index (χ3v) is 4.73. The van der Waals surface area contributed by atoms with E-state index in [0.29, 0.717) is 30.2 Å². The fourth-order valence-electron chi connectivity index (χ4n) is 2.71. The first-order valence-corrected chi connectivity index (χ1v) is 9.24. The molecule has 0 saturated carbocycles. The van der Waals surface area contributed by atoms with Crippen LogP contribution < -0.4 is 10.9 Å². The molecular formula is C16H24N4O3S. The SMILES string of the molecule is CCCN1CCC(NC(=O)CSc2nc(C)cc(=O)[nH]2)CCC1=O. The fraction of sp³-hybridized carbons (Fsp3) is 0.625. The maximum absolute atomic E-state index is 12.1. The number of amides is 2. The van der Waals surface area contributed by atoms with Gasteiger partial charge in [0.2, 0.25) is 11.8 Å². The minimum absolute atomic E-state index is 0.0217. The summed E-state index contributed by atoms with van der Waals surface area (Å²) in [6.07, 6.45) is 2.88. The average molecular weight is 352 g/mol. The molecule has 0 spiro atoms. The van der Waals surface area contributed by atoms with Gasteiger partial charge in [0, 0.05) is 37.3 Å². The molecule has 1 atom stereocenters. The van der Waals surface area contributed by atoms with Gasteiger partial charge in [0.05, 0.1) is 5.75 Å². The Morgan fingerprint density at radius 1 is 1.46 bits per heavy atom. The van der Waals surface area contributed by atoms with E-state index in [-0.39, 0.29) is 29.2 Å². The molecule has 0 radical (unpaired) electrons. The van der Waals surface area contributed by atoms with Crippen molar-refractivity contribution in [3.8, 4) is 0 Å². The van der Waals surface area contributed by atoms with Crippen molar-refractivity contribution in [1.82, 2.24) is 20.2 Å². The van der Waals surface area contributed by atoms with Crippen LogP contribution in [0.2, 0.25) is 0 Å². The van der Waals surface area contributed by atoms with Crippen LogP contribution in [0.1, 0.15) is 38.3 Å². The van der Waals surface area contributed by atoms with Gasteiger partial charge in [0.25, 0.3) is 5.56 Å². The van der Waals surface area contributed by atoms with E-state index in [0.717, 1.165) is 19.4 Å². The topological polar surface area (TPSA) is 95.2 Å². The number of likely N-dealkylation sites (tertiary alicyclic amines) is 1. The lowest BCUT2D eigenvalue weighted by Crippen LogP contribution is -2.37. The minimum Gasteiger partial charge on any atom is -0.353 e. The molecule has 1 aromatic rings. The van der Waals surface area contributed by atoms with Gasteiger partial charge in [-0.05, 0) is 26.2 Å². The molecule has 24 heavy (non-hydrogen) atoms. The van der Waals surface area contributed by atoms with Crippen molar-refractivity contribution in [3.63, 3.8) is 0 Å². The zero-order valence-electron chi connectivity index (χ0n) is 14.1. The zero-order valence-corrected chi connectivity index (χ0v) is 14.9. The highest BCUT2D eigenvalue weighted by molar-refractivity contribution is 7.99. The Morgan fingerprint density at radius 3 is 2.96 bits per heavy atom. The Kier molecular flexibility index (Phi) is 6.84. The smallest absolute Gasteiger partial charge is 0.251 e. The monoisotopic (exact) mass is 352 g/mol. The molecule has 7 nitrogen and oxygen atoms in total. The van der Waals surface area contributed by atoms with E-state index in [9.17, 15) is 14.4 Å². The minimum atomic E-state index is -0.219. The second-order valence-corrected chi connectivity index (χ2v) is 6.92.